The van der Waals surface area contributed by atoms with E-state index in [-0.39, 0.29) is 23.8 Å². The van der Waals surface area contributed by atoms with Crippen molar-refractivity contribution in [1.29, 1.82) is 0 Å². The van der Waals surface area contributed by atoms with Gasteiger partial charge >= 0.3 is 5.97 Å². The van der Waals surface area contributed by atoms with Gasteiger partial charge in [-0.15, -0.1) is 0 Å². The van der Waals surface area contributed by atoms with Gasteiger partial charge < -0.3 is 10.1 Å². The predicted octanol–water partition coefficient (Wildman–Crippen LogP) is 3.54. The van der Waals surface area contributed by atoms with Gasteiger partial charge in [-0.1, -0.05) is 0 Å². The second kappa shape index (κ2) is 7.06. The number of ketones is 1. The van der Waals surface area contributed by atoms with Crippen molar-refractivity contribution < 1.29 is 14.3 Å². The zero-order valence-corrected chi connectivity index (χ0v) is 15.1. The first-order valence-corrected chi connectivity index (χ1v) is 9.50. The number of carbonyl (C=O) groups excluding carboxylic acids is 2. The molecule has 1 aliphatic heterocycles. The number of nitrogens with zero attached hydrogens (tertiary/aromatic N) is 1. The second-order valence-corrected chi connectivity index (χ2v) is 7.36. The van der Waals surface area contributed by atoms with E-state index in [1.54, 1.807) is 12.4 Å². The Morgan fingerprint density at radius 1 is 1.15 bits per heavy atom. The number of carbonyl (C=O) groups is 2. The van der Waals surface area contributed by atoms with Crippen LogP contribution >= 0.6 is 0 Å². The molecule has 2 heterocycles. The highest BCUT2D eigenvalue weighted by Gasteiger charge is 2.39. The maximum atomic E-state index is 13.1. The number of dihydropyridines is 1. The molecule has 1 saturated carbocycles. The smallest absolute Gasteiger partial charge is 0.337 e. The molecular formula is C21H24N2O3. The van der Waals surface area contributed by atoms with Crippen LogP contribution in [0.3, 0.4) is 0 Å². The average Bonchev–Trinajstić information content (AvgIpc) is 3.14. The molecule has 5 heteroatoms. The van der Waals surface area contributed by atoms with Gasteiger partial charge in [0.2, 0.25) is 0 Å². The molecule has 3 aliphatic rings. The zero-order valence-electron chi connectivity index (χ0n) is 15.1. The fourth-order valence-electron chi connectivity index (χ4n) is 4.36. The topological polar surface area (TPSA) is 68.3 Å². The van der Waals surface area contributed by atoms with Gasteiger partial charge in [0.1, 0.15) is 6.10 Å². The van der Waals surface area contributed by atoms with Gasteiger partial charge in [0.25, 0.3) is 0 Å². The lowest BCUT2D eigenvalue weighted by Gasteiger charge is -2.34. The molecule has 0 spiro atoms. The number of allylic oxidation sites excluding steroid dienone is 3. The quantitative estimate of drug-likeness (QED) is 0.843. The van der Waals surface area contributed by atoms with Crippen LogP contribution in [-0.2, 0) is 14.3 Å². The first-order chi connectivity index (χ1) is 12.6. The van der Waals surface area contributed by atoms with E-state index < -0.39 is 0 Å². The van der Waals surface area contributed by atoms with Crippen LogP contribution in [0.1, 0.15) is 63.4 Å². The van der Waals surface area contributed by atoms with Crippen LogP contribution in [0.25, 0.3) is 0 Å². The van der Waals surface area contributed by atoms with Crippen molar-refractivity contribution in [2.24, 2.45) is 0 Å². The summed E-state index contributed by atoms with van der Waals surface area (Å²) in [4.78, 5) is 29.9. The molecule has 136 valence electrons. The van der Waals surface area contributed by atoms with Gasteiger partial charge in [-0.05, 0) is 63.1 Å². The summed E-state index contributed by atoms with van der Waals surface area (Å²) in [5, 5.41) is 3.33. The summed E-state index contributed by atoms with van der Waals surface area (Å²) in [7, 11) is 0. The van der Waals surface area contributed by atoms with Crippen LogP contribution < -0.4 is 5.32 Å². The van der Waals surface area contributed by atoms with E-state index in [2.05, 4.69) is 10.3 Å². The van der Waals surface area contributed by atoms with Crippen molar-refractivity contribution in [2.45, 2.75) is 63.9 Å². The van der Waals surface area contributed by atoms with Crippen molar-refractivity contribution in [3.63, 3.8) is 0 Å². The Balaban J connectivity index is 1.75. The monoisotopic (exact) mass is 352 g/mol. The lowest BCUT2D eigenvalue weighted by Crippen LogP contribution is -2.35. The summed E-state index contributed by atoms with van der Waals surface area (Å²) in [5.41, 5.74) is 3.96. The minimum atomic E-state index is -0.365. The maximum absolute atomic E-state index is 13.1. The molecule has 1 atom stereocenters. The molecule has 1 N–H and O–H groups in total. The summed E-state index contributed by atoms with van der Waals surface area (Å²) in [6.45, 7) is 1.91. The van der Waals surface area contributed by atoms with Crippen LogP contribution in [0.2, 0.25) is 0 Å². The molecule has 1 aromatic rings. The Kier molecular flexibility index (Phi) is 4.62. The highest BCUT2D eigenvalue weighted by atomic mass is 16.5. The molecule has 5 nitrogen and oxygen atoms in total. The SMILES string of the molecule is CC1=C(C(=O)OC2CCCC2)[C@@H](c2ccncc2)C2=C(CCCC2=O)N1. The molecule has 0 bridgehead atoms. The maximum Gasteiger partial charge on any atom is 0.337 e. The van der Waals surface area contributed by atoms with Crippen LogP contribution in [-0.4, -0.2) is 22.8 Å². The number of esters is 1. The minimum absolute atomic E-state index is 0.00155. The van der Waals surface area contributed by atoms with E-state index in [1.165, 1.54) is 0 Å². The first kappa shape index (κ1) is 17.0. The highest BCUT2D eigenvalue weighted by molar-refractivity contribution is 6.03. The Morgan fingerprint density at radius 3 is 2.62 bits per heavy atom. The van der Waals surface area contributed by atoms with E-state index in [4.69, 9.17) is 4.74 Å². The summed E-state index contributed by atoms with van der Waals surface area (Å²) < 4.78 is 5.80. The number of pyridine rings is 1. The van der Waals surface area contributed by atoms with E-state index in [9.17, 15) is 9.59 Å². The minimum Gasteiger partial charge on any atom is -0.459 e. The third-order valence-electron chi connectivity index (χ3n) is 5.61. The summed E-state index contributed by atoms with van der Waals surface area (Å²) in [6, 6.07) is 3.78. The van der Waals surface area contributed by atoms with Crippen molar-refractivity contribution in [3.05, 3.63) is 52.6 Å². The lowest BCUT2D eigenvalue weighted by atomic mass is 9.75. The van der Waals surface area contributed by atoms with Crippen molar-refractivity contribution >= 4 is 11.8 Å². The van der Waals surface area contributed by atoms with Gasteiger partial charge in [-0.3, -0.25) is 9.78 Å². The molecule has 2 aliphatic carbocycles. The number of aromatic nitrogens is 1. The molecule has 26 heavy (non-hydrogen) atoms. The van der Waals surface area contributed by atoms with E-state index in [1.807, 2.05) is 19.1 Å². The molecule has 0 aromatic carbocycles. The average molecular weight is 352 g/mol. The van der Waals surface area contributed by atoms with E-state index >= 15 is 0 Å². The number of hydrogen-bond acceptors (Lipinski definition) is 5. The number of hydrogen-bond donors (Lipinski definition) is 1. The standard InChI is InChI=1S/C21H24N2O3/c1-13-18(21(25)26-15-5-2-3-6-15)19(14-9-11-22-12-10-14)20-16(23-13)7-4-8-17(20)24/h9-12,15,19,23H,2-8H2,1H3/t19-/m1/s1. The van der Waals surface area contributed by atoms with Crippen LogP contribution in [0.15, 0.2) is 47.1 Å². The van der Waals surface area contributed by atoms with Crippen molar-refractivity contribution in [2.75, 3.05) is 0 Å². The Morgan fingerprint density at radius 2 is 1.88 bits per heavy atom. The summed E-state index contributed by atoms with van der Waals surface area (Å²) in [6.07, 6.45) is 9.71. The van der Waals surface area contributed by atoms with Crippen LogP contribution in [0.4, 0.5) is 0 Å². The molecule has 0 unspecified atom stereocenters. The van der Waals surface area contributed by atoms with Crippen molar-refractivity contribution in [3.8, 4) is 0 Å². The normalized spacial score (nSPS) is 23.7. The number of Topliss-reactive ketones (excluding diaryl/α,β-unsaturated/α-hetero) is 1. The Hall–Kier alpha value is -2.43. The second-order valence-electron chi connectivity index (χ2n) is 7.36. The number of rotatable bonds is 3. The van der Waals surface area contributed by atoms with Gasteiger partial charge in [-0.25, -0.2) is 4.79 Å². The molecule has 0 radical (unpaired) electrons. The first-order valence-electron chi connectivity index (χ1n) is 9.50. The summed E-state index contributed by atoms with van der Waals surface area (Å²) >= 11 is 0. The van der Waals surface area contributed by atoms with E-state index in [0.717, 1.165) is 61.1 Å². The molecule has 1 aromatic heterocycles. The number of ether oxygens (including phenoxy) is 1. The van der Waals surface area contributed by atoms with Crippen molar-refractivity contribution in [1.82, 2.24) is 10.3 Å². The fourth-order valence-corrected chi connectivity index (χ4v) is 4.36. The van der Waals surface area contributed by atoms with Gasteiger partial charge in [0.15, 0.2) is 5.78 Å². The molecule has 0 amide bonds. The van der Waals surface area contributed by atoms with Crippen LogP contribution in [0, 0.1) is 0 Å². The van der Waals surface area contributed by atoms with Gasteiger partial charge in [-0.2, -0.15) is 0 Å². The predicted molar refractivity (Wildman–Crippen MR) is 97.0 cm³/mol. The zero-order chi connectivity index (χ0) is 18.1. The Bertz CT molecular complexity index is 789. The van der Waals surface area contributed by atoms with E-state index in [0.29, 0.717) is 12.0 Å². The molecular weight excluding hydrogens is 328 g/mol. The largest absolute Gasteiger partial charge is 0.459 e. The lowest BCUT2D eigenvalue weighted by molar-refractivity contribution is -0.144. The summed E-state index contributed by atoms with van der Waals surface area (Å²) in [5.74, 6) is -0.538. The molecule has 1 fully saturated rings. The highest BCUT2D eigenvalue weighted by Crippen LogP contribution is 2.42. The third kappa shape index (κ3) is 3.06. The molecule has 4 rings (SSSR count). The van der Waals surface area contributed by atoms with Crippen LogP contribution in [0.5, 0.6) is 0 Å². The number of nitrogens with one attached hydrogen (secondary N) is 1. The van der Waals surface area contributed by atoms with Gasteiger partial charge in [0.05, 0.1) is 5.57 Å². The van der Waals surface area contributed by atoms with Gasteiger partial charge in [0, 0.05) is 41.7 Å². The third-order valence-corrected chi connectivity index (χ3v) is 5.61. The molecule has 0 saturated heterocycles. The Labute approximate surface area is 153 Å². The fraction of sp³-hybridized carbons (Fsp3) is 0.476.